The van der Waals surface area contributed by atoms with Crippen molar-refractivity contribution < 1.29 is 9.59 Å². The van der Waals surface area contributed by atoms with E-state index in [2.05, 4.69) is 4.90 Å². The molecule has 1 saturated heterocycles. The molecular formula is C20H28N2O2. The molecule has 1 amide bonds. The summed E-state index contributed by atoms with van der Waals surface area (Å²) in [6, 6.07) is 9.50. The summed E-state index contributed by atoms with van der Waals surface area (Å²) in [6.07, 6.45) is 6.40. The van der Waals surface area contributed by atoms with E-state index < -0.39 is 0 Å². The summed E-state index contributed by atoms with van der Waals surface area (Å²) in [5, 5.41) is 0. The third-order valence-electron chi connectivity index (χ3n) is 5.39. The van der Waals surface area contributed by atoms with Crippen LogP contribution in [0, 0.1) is 5.92 Å². The van der Waals surface area contributed by atoms with Gasteiger partial charge in [0.2, 0.25) is 5.91 Å². The number of benzene rings is 1. The second-order valence-electron chi connectivity index (χ2n) is 7.04. The first-order valence-electron chi connectivity index (χ1n) is 9.33. The maximum atomic E-state index is 12.6. The lowest BCUT2D eigenvalue weighted by Gasteiger charge is -2.37. The van der Waals surface area contributed by atoms with E-state index in [9.17, 15) is 9.59 Å². The molecule has 0 radical (unpaired) electrons. The zero-order valence-electron chi connectivity index (χ0n) is 14.5. The van der Waals surface area contributed by atoms with Gasteiger partial charge in [-0.25, -0.2) is 0 Å². The Labute approximate surface area is 144 Å². The van der Waals surface area contributed by atoms with Gasteiger partial charge >= 0.3 is 0 Å². The van der Waals surface area contributed by atoms with Crippen LogP contribution in [0.15, 0.2) is 30.3 Å². The van der Waals surface area contributed by atoms with Gasteiger partial charge in [0.1, 0.15) is 0 Å². The van der Waals surface area contributed by atoms with Crippen molar-refractivity contribution in [3.05, 3.63) is 35.9 Å². The Morgan fingerprint density at radius 2 is 1.58 bits per heavy atom. The van der Waals surface area contributed by atoms with Gasteiger partial charge in [0.25, 0.3) is 0 Å². The largest absolute Gasteiger partial charge is 0.340 e. The van der Waals surface area contributed by atoms with Gasteiger partial charge in [0.15, 0.2) is 5.78 Å². The average Bonchev–Trinajstić information content (AvgIpc) is 2.67. The zero-order chi connectivity index (χ0) is 16.8. The van der Waals surface area contributed by atoms with Crippen LogP contribution in [0.1, 0.15) is 48.9 Å². The average molecular weight is 328 g/mol. The molecular weight excluding hydrogens is 300 g/mol. The van der Waals surface area contributed by atoms with Gasteiger partial charge in [0, 0.05) is 50.6 Å². The molecule has 130 valence electrons. The predicted octanol–water partition coefficient (Wildman–Crippen LogP) is 2.98. The van der Waals surface area contributed by atoms with Crippen LogP contribution >= 0.6 is 0 Å². The zero-order valence-corrected chi connectivity index (χ0v) is 14.5. The van der Waals surface area contributed by atoms with E-state index in [1.54, 1.807) is 0 Å². The number of rotatable bonds is 5. The molecule has 3 rings (SSSR count). The molecule has 0 spiro atoms. The van der Waals surface area contributed by atoms with E-state index in [0.29, 0.717) is 12.3 Å². The maximum Gasteiger partial charge on any atom is 0.225 e. The molecule has 0 unspecified atom stereocenters. The normalized spacial score (nSPS) is 20.1. The molecule has 2 aliphatic rings. The van der Waals surface area contributed by atoms with E-state index in [4.69, 9.17) is 0 Å². The Hall–Kier alpha value is -1.68. The van der Waals surface area contributed by atoms with Crippen LogP contribution in [-0.4, -0.2) is 54.2 Å². The molecule has 4 heteroatoms. The van der Waals surface area contributed by atoms with Crippen LogP contribution < -0.4 is 0 Å². The summed E-state index contributed by atoms with van der Waals surface area (Å²) < 4.78 is 0. The maximum absolute atomic E-state index is 12.6. The van der Waals surface area contributed by atoms with E-state index >= 15 is 0 Å². The standard InChI is InChI=1S/C20H28N2O2/c23-19(17-7-3-1-4-8-17)11-12-21-13-15-22(16-14-21)20(24)18-9-5-2-6-10-18/h1,3-4,7-8,18H,2,5-6,9-16H2. The summed E-state index contributed by atoms with van der Waals surface area (Å²) in [7, 11) is 0. The number of carbonyl (C=O) groups excluding carboxylic acids is 2. The highest BCUT2D eigenvalue weighted by atomic mass is 16.2. The van der Waals surface area contributed by atoms with Crippen molar-refractivity contribution >= 4 is 11.7 Å². The highest BCUT2D eigenvalue weighted by Crippen LogP contribution is 2.25. The highest BCUT2D eigenvalue weighted by molar-refractivity contribution is 5.96. The van der Waals surface area contributed by atoms with E-state index in [-0.39, 0.29) is 11.7 Å². The van der Waals surface area contributed by atoms with Gasteiger partial charge in [-0.3, -0.25) is 14.5 Å². The molecule has 0 aromatic heterocycles. The van der Waals surface area contributed by atoms with Crippen LogP contribution in [0.3, 0.4) is 0 Å². The van der Waals surface area contributed by atoms with Crippen molar-refractivity contribution in [1.82, 2.24) is 9.80 Å². The van der Waals surface area contributed by atoms with Crippen molar-refractivity contribution in [2.75, 3.05) is 32.7 Å². The van der Waals surface area contributed by atoms with Crippen LogP contribution in [0.4, 0.5) is 0 Å². The lowest BCUT2D eigenvalue weighted by Crippen LogP contribution is -2.50. The molecule has 1 aliphatic carbocycles. The highest BCUT2D eigenvalue weighted by Gasteiger charge is 2.28. The summed E-state index contributed by atoms with van der Waals surface area (Å²) >= 11 is 0. The molecule has 0 atom stereocenters. The topological polar surface area (TPSA) is 40.6 Å². The van der Waals surface area contributed by atoms with Crippen molar-refractivity contribution in [2.24, 2.45) is 5.92 Å². The minimum Gasteiger partial charge on any atom is -0.340 e. The van der Waals surface area contributed by atoms with Gasteiger partial charge in [-0.1, -0.05) is 49.6 Å². The van der Waals surface area contributed by atoms with Crippen LogP contribution in [0.2, 0.25) is 0 Å². The molecule has 2 fully saturated rings. The SMILES string of the molecule is O=C(CCN1CCN(C(=O)C2CCCCC2)CC1)c1ccccc1. The number of piperazine rings is 1. The lowest BCUT2D eigenvalue weighted by molar-refractivity contribution is -0.138. The molecule has 24 heavy (non-hydrogen) atoms. The third kappa shape index (κ3) is 4.44. The number of hydrogen-bond donors (Lipinski definition) is 0. The van der Waals surface area contributed by atoms with Crippen molar-refractivity contribution in [2.45, 2.75) is 38.5 Å². The number of Topliss-reactive ketones (excluding diaryl/α,β-unsaturated/α-hetero) is 1. The lowest BCUT2D eigenvalue weighted by atomic mass is 9.88. The quantitative estimate of drug-likeness (QED) is 0.780. The first-order chi connectivity index (χ1) is 11.7. The minimum atomic E-state index is 0.205. The molecule has 4 nitrogen and oxygen atoms in total. The fraction of sp³-hybridized carbons (Fsp3) is 0.600. The molecule has 1 aromatic rings. The first-order valence-corrected chi connectivity index (χ1v) is 9.33. The summed E-state index contributed by atoms with van der Waals surface area (Å²) in [4.78, 5) is 29.1. The molecule has 1 aromatic carbocycles. The monoisotopic (exact) mass is 328 g/mol. The summed E-state index contributed by atoms with van der Waals surface area (Å²) in [5.41, 5.74) is 0.795. The number of amides is 1. The fourth-order valence-electron chi connectivity index (χ4n) is 3.83. The Morgan fingerprint density at radius 1 is 0.917 bits per heavy atom. The molecule has 1 heterocycles. The van der Waals surface area contributed by atoms with Gasteiger partial charge < -0.3 is 4.90 Å². The van der Waals surface area contributed by atoms with Crippen molar-refractivity contribution in [3.63, 3.8) is 0 Å². The molecule has 1 saturated carbocycles. The third-order valence-corrected chi connectivity index (χ3v) is 5.39. The van der Waals surface area contributed by atoms with E-state index in [1.807, 2.05) is 35.2 Å². The van der Waals surface area contributed by atoms with E-state index in [0.717, 1.165) is 51.1 Å². The predicted molar refractivity (Wildman–Crippen MR) is 95.0 cm³/mol. The second-order valence-corrected chi connectivity index (χ2v) is 7.04. The Kier molecular flexibility index (Phi) is 6.02. The first kappa shape index (κ1) is 17.2. The van der Waals surface area contributed by atoms with Crippen LogP contribution in [0.5, 0.6) is 0 Å². The van der Waals surface area contributed by atoms with Crippen molar-refractivity contribution in [3.8, 4) is 0 Å². The van der Waals surface area contributed by atoms with Crippen LogP contribution in [-0.2, 0) is 4.79 Å². The second kappa shape index (κ2) is 8.43. The van der Waals surface area contributed by atoms with Gasteiger partial charge in [-0.15, -0.1) is 0 Å². The Bertz CT molecular complexity index is 544. The number of nitrogens with zero attached hydrogens (tertiary/aromatic N) is 2. The minimum absolute atomic E-state index is 0.205. The summed E-state index contributed by atoms with van der Waals surface area (Å²) in [6.45, 7) is 4.20. The number of carbonyl (C=O) groups is 2. The Balaban J connectivity index is 1.40. The van der Waals surface area contributed by atoms with Crippen molar-refractivity contribution in [1.29, 1.82) is 0 Å². The number of ketones is 1. The van der Waals surface area contributed by atoms with Crippen LogP contribution in [0.25, 0.3) is 0 Å². The smallest absolute Gasteiger partial charge is 0.225 e. The van der Waals surface area contributed by atoms with E-state index in [1.165, 1.54) is 19.3 Å². The van der Waals surface area contributed by atoms with Gasteiger partial charge in [-0.05, 0) is 12.8 Å². The summed E-state index contributed by atoms with van der Waals surface area (Å²) in [5.74, 6) is 0.844. The fourth-order valence-corrected chi connectivity index (χ4v) is 3.83. The molecule has 0 N–H and O–H groups in total. The Morgan fingerprint density at radius 3 is 2.25 bits per heavy atom. The molecule has 1 aliphatic heterocycles. The molecule has 0 bridgehead atoms. The van der Waals surface area contributed by atoms with Gasteiger partial charge in [-0.2, -0.15) is 0 Å². The number of hydrogen-bond acceptors (Lipinski definition) is 3. The van der Waals surface area contributed by atoms with Gasteiger partial charge in [0.05, 0.1) is 0 Å².